The molecule has 3 aromatic rings. The molecule has 2 aromatic carbocycles. The second-order valence-corrected chi connectivity index (χ2v) is 8.71. The van der Waals surface area contributed by atoms with Gasteiger partial charge in [-0.25, -0.2) is 0 Å². The third-order valence-corrected chi connectivity index (χ3v) is 6.59. The standard InChI is InChI=1S/C23H19F5N4O/c1-13-9-22(10-13,20-30-29-12-32(20)21(24)25)14-4-2-5-15(8-14)31-11-17-16(19(31)33)6-3-7-18(17)23(26,27)28/h2-8,12-13,21H,9-11H2,1H3. The summed E-state index contributed by atoms with van der Waals surface area (Å²) in [5.41, 5.74) is -0.614. The Hall–Kier alpha value is -3.30. The Bertz CT molecular complexity index is 1230. The smallest absolute Gasteiger partial charge is 0.304 e. The second-order valence-electron chi connectivity index (χ2n) is 8.71. The molecular weight excluding hydrogens is 443 g/mol. The fourth-order valence-corrected chi connectivity index (χ4v) is 5.18. The fourth-order valence-electron chi connectivity index (χ4n) is 5.18. The quantitative estimate of drug-likeness (QED) is 0.477. The summed E-state index contributed by atoms with van der Waals surface area (Å²) in [6.07, 6.45) is -2.45. The van der Waals surface area contributed by atoms with Gasteiger partial charge < -0.3 is 4.90 Å². The monoisotopic (exact) mass is 462 g/mol. The van der Waals surface area contributed by atoms with Crippen LogP contribution in [0.15, 0.2) is 48.8 Å². The lowest BCUT2D eigenvalue weighted by molar-refractivity contribution is -0.138. The van der Waals surface area contributed by atoms with Crippen LogP contribution < -0.4 is 4.90 Å². The van der Waals surface area contributed by atoms with Gasteiger partial charge in [0.15, 0.2) is 0 Å². The molecule has 0 unspecified atom stereocenters. The highest BCUT2D eigenvalue weighted by Crippen LogP contribution is 2.52. The average Bonchev–Trinajstić information content (AvgIpc) is 3.36. The minimum atomic E-state index is -4.57. The Labute approximate surface area is 185 Å². The molecule has 10 heteroatoms. The molecule has 33 heavy (non-hydrogen) atoms. The van der Waals surface area contributed by atoms with Crippen LogP contribution in [0.25, 0.3) is 0 Å². The van der Waals surface area contributed by atoms with E-state index in [1.54, 1.807) is 24.3 Å². The summed E-state index contributed by atoms with van der Waals surface area (Å²) < 4.78 is 68.3. The molecule has 1 saturated carbocycles. The highest BCUT2D eigenvalue weighted by atomic mass is 19.4. The topological polar surface area (TPSA) is 51.0 Å². The van der Waals surface area contributed by atoms with Gasteiger partial charge in [-0.2, -0.15) is 22.0 Å². The van der Waals surface area contributed by atoms with E-state index in [0.29, 0.717) is 24.1 Å². The number of benzene rings is 2. The fraction of sp³-hybridized carbons (Fsp3) is 0.348. The van der Waals surface area contributed by atoms with Gasteiger partial charge in [0.2, 0.25) is 0 Å². The third kappa shape index (κ3) is 3.30. The number of aromatic nitrogens is 3. The summed E-state index contributed by atoms with van der Waals surface area (Å²) in [7, 11) is 0. The van der Waals surface area contributed by atoms with Crippen LogP contribution >= 0.6 is 0 Å². The maximum absolute atomic E-state index is 13.6. The van der Waals surface area contributed by atoms with Crippen LogP contribution in [0, 0.1) is 5.92 Å². The molecule has 5 nitrogen and oxygen atoms in total. The van der Waals surface area contributed by atoms with Gasteiger partial charge in [0.05, 0.1) is 17.5 Å². The van der Waals surface area contributed by atoms with Gasteiger partial charge in [-0.05, 0) is 54.2 Å². The van der Waals surface area contributed by atoms with Crippen molar-refractivity contribution in [1.82, 2.24) is 14.8 Å². The predicted molar refractivity (Wildman–Crippen MR) is 109 cm³/mol. The molecule has 1 aliphatic heterocycles. The van der Waals surface area contributed by atoms with E-state index in [-0.39, 0.29) is 29.4 Å². The molecule has 0 radical (unpaired) electrons. The van der Waals surface area contributed by atoms with E-state index in [0.717, 1.165) is 17.0 Å². The van der Waals surface area contributed by atoms with Crippen LogP contribution in [0.1, 0.15) is 59.2 Å². The lowest BCUT2D eigenvalue weighted by atomic mass is 9.58. The van der Waals surface area contributed by atoms with Crippen LogP contribution in [0.4, 0.5) is 27.6 Å². The normalized spacial score (nSPS) is 22.6. The number of halogens is 5. The molecule has 0 saturated heterocycles. The van der Waals surface area contributed by atoms with Crippen molar-refractivity contribution in [2.24, 2.45) is 5.92 Å². The SMILES string of the molecule is CC1CC(c2cccc(N3Cc4c(cccc4C(F)(F)F)C3=O)c2)(c2nncn2C(F)F)C1. The number of nitrogens with zero attached hydrogens (tertiary/aromatic N) is 4. The van der Waals surface area contributed by atoms with Gasteiger partial charge in [0, 0.05) is 11.3 Å². The highest BCUT2D eigenvalue weighted by molar-refractivity contribution is 6.10. The lowest BCUT2D eigenvalue weighted by Crippen LogP contribution is -2.43. The highest BCUT2D eigenvalue weighted by Gasteiger charge is 2.49. The van der Waals surface area contributed by atoms with Gasteiger partial charge in [-0.1, -0.05) is 25.1 Å². The maximum atomic E-state index is 13.6. The van der Waals surface area contributed by atoms with Gasteiger partial charge in [-0.3, -0.25) is 9.36 Å². The Morgan fingerprint density at radius 1 is 1.12 bits per heavy atom. The number of carbonyl (C=O) groups excluding carboxylic acids is 1. The summed E-state index contributed by atoms with van der Waals surface area (Å²) in [5.74, 6) is -0.119. The summed E-state index contributed by atoms with van der Waals surface area (Å²) >= 11 is 0. The van der Waals surface area contributed by atoms with Crippen molar-refractivity contribution < 1.29 is 26.7 Å². The van der Waals surface area contributed by atoms with Crippen molar-refractivity contribution >= 4 is 11.6 Å². The zero-order chi connectivity index (χ0) is 23.5. The largest absolute Gasteiger partial charge is 0.416 e. The number of rotatable bonds is 4. The number of hydrogen-bond donors (Lipinski definition) is 0. The van der Waals surface area contributed by atoms with E-state index >= 15 is 0 Å². The van der Waals surface area contributed by atoms with Crippen molar-refractivity contribution in [1.29, 1.82) is 0 Å². The number of hydrogen-bond acceptors (Lipinski definition) is 3. The molecule has 1 aliphatic carbocycles. The van der Waals surface area contributed by atoms with E-state index < -0.39 is 29.6 Å². The van der Waals surface area contributed by atoms with Crippen LogP contribution in [0.2, 0.25) is 0 Å². The summed E-state index contributed by atoms with van der Waals surface area (Å²) in [6, 6.07) is 10.3. The molecule has 0 spiro atoms. The first-order valence-corrected chi connectivity index (χ1v) is 10.4. The Morgan fingerprint density at radius 2 is 1.85 bits per heavy atom. The third-order valence-electron chi connectivity index (χ3n) is 6.59. The minimum Gasteiger partial charge on any atom is -0.304 e. The molecule has 0 bridgehead atoms. The molecule has 1 aromatic heterocycles. The predicted octanol–water partition coefficient (Wildman–Crippen LogP) is 5.57. The Kier molecular flexibility index (Phi) is 4.80. The summed E-state index contributed by atoms with van der Waals surface area (Å²) in [6.45, 7) is -1.02. The van der Waals surface area contributed by atoms with E-state index in [4.69, 9.17) is 0 Å². The molecule has 1 fully saturated rings. The molecule has 2 heterocycles. The van der Waals surface area contributed by atoms with Gasteiger partial charge in [0.1, 0.15) is 12.2 Å². The number of fused-ring (bicyclic) bond motifs is 1. The van der Waals surface area contributed by atoms with Crippen molar-refractivity contribution in [3.8, 4) is 0 Å². The Balaban J connectivity index is 1.55. The van der Waals surface area contributed by atoms with Gasteiger partial charge in [0.25, 0.3) is 5.91 Å². The van der Waals surface area contributed by atoms with Crippen molar-refractivity contribution in [3.63, 3.8) is 0 Å². The minimum absolute atomic E-state index is 0.0136. The first kappa shape index (κ1) is 21.5. The van der Waals surface area contributed by atoms with Crippen molar-refractivity contribution in [2.45, 2.75) is 44.5 Å². The molecule has 0 N–H and O–H groups in total. The molecule has 2 aliphatic rings. The molecule has 0 atom stereocenters. The molecule has 5 rings (SSSR count). The summed E-state index contributed by atoms with van der Waals surface area (Å²) in [5, 5.41) is 7.66. The number of carbonyl (C=O) groups is 1. The zero-order valence-corrected chi connectivity index (χ0v) is 17.5. The first-order chi connectivity index (χ1) is 15.6. The van der Waals surface area contributed by atoms with Crippen LogP contribution in [-0.4, -0.2) is 20.7 Å². The Morgan fingerprint density at radius 3 is 2.52 bits per heavy atom. The van der Waals surface area contributed by atoms with Crippen molar-refractivity contribution in [2.75, 3.05) is 4.90 Å². The van der Waals surface area contributed by atoms with Crippen LogP contribution in [-0.2, 0) is 18.1 Å². The van der Waals surface area contributed by atoms with E-state index in [9.17, 15) is 26.7 Å². The number of alkyl halides is 5. The van der Waals surface area contributed by atoms with Crippen molar-refractivity contribution in [3.05, 3.63) is 76.9 Å². The van der Waals surface area contributed by atoms with Crippen LogP contribution in [0.3, 0.4) is 0 Å². The van der Waals surface area contributed by atoms with E-state index in [2.05, 4.69) is 10.2 Å². The number of amides is 1. The molecule has 172 valence electrons. The van der Waals surface area contributed by atoms with Gasteiger partial charge in [-0.15, -0.1) is 10.2 Å². The van der Waals surface area contributed by atoms with E-state index in [1.807, 2.05) is 6.92 Å². The maximum Gasteiger partial charge on any atom is 0.416 e. The molecule has 1 amide bonds. The average molecular weight is 462 g/mol. The second kappa shape index (κ2) is 7.36. The number of anilines is 1. The molecular formula is C23H19F5N4O. The zero-order valence-electron chi connectivity index (χ0n) is 17.5. The summed E-state index contributed by atoms with van der Waals surface area (Å²) in [4.78, 5) is 14.3. The first-order valence-electron chi connectivity index (χ1n) is 10.4. The van der Waals surface area contributed by atoms with Gasteiger partial charge >= 0.3 is 12.7 Å². The van der Waals surface area contributed by atoms with E-state index in [1.165, 1.54) is 17.0 Å². The lowest BCUT2D eigenvalue weighted by Gasteiger charge is -2.46. The van der Waals surface area contributed by atoms with Crippen LogP contribution in [0.5, 0.6) is 0 Å².